The molecule has 0 fully saturated rings. The quantitative estimate of drug-likeness (QED) is 0.724. The summed E-state index contributed by atoms with van der Waals surface area (Å²) in [5.74, 6) is -1.04. The van der Waals surface area contributed by atoms with Crippen molar-refractivity contribution in [1.82, 2.24) is 0 Å². The molecule has 1 N–H and O–H groups in total. The van der Waals surface area contributed by atoms with Gasteiger partial charge in [-0.15, -0.1) is 11.3 Å². The van der Waals surface area contributed by atoms with Crippen molar-refractivity contribution in [3.8, 4) is 0 Å². The number of carboxylic acid groups (broad SMARTS) is 1. The topological polar surface area (TPSA) is 54.4 Å². The van der Waals surface area contributed by atoms with E-state index in [0.29, 0.717) is 0 Å². The molecule has 0 spiro atoms. The number of carboxylic acids is 1. The summed E-state index contributed by atoms with van der Waals surface area (Å²) in [4.78, 5) is 21.1. The monoisotopic (exact) mass is 190 g/mol. The Hall–Kier alpha value is -0.870. The Balaban J connectivity index is 2.99. The highest BCUT2D eigenvalue weighted by atomic mass is 35.5. The first-order valence-electron chi connectivity index (χ1n) is 2.64. The molecule has 0 bridgehead atoms. The standard InChI is InChI=1S/C6H3ClO3S/c7-5(8)3-1-2-4(11-3)6(9)10/h1-2H,(H,9,10). The molecule has 1 heterocycles. The SMILES string of the molecule is O=C(O)c1ccc(C(=O)Cl)s1. The first-order chi connectivity index (χ1) is 5.11. The molecule has 0 aromatic carbocycles. The molecule has 0 radical (unpaired) electrons. The van der Waals surface area contributed by atoms with Gasteiger partial charge in [0.25, 0.3) is 5.24 Å². The van der Waals surface area contributed by atoms with Gasteiger partial charge in [-0.2, -0.15) is 0 Å². The van der Waals surface area contributed by atoms with Crippen LogP contribution in [0.15, 0.2) is 12.1 Å². The van der Waals surface area contributed by atoms with Gasteiger partial charge in [0.05, 0.1) is 4.88 Å². The minimum atomic E-state index is -1.04. The van der Waals surface area contributed by atoms with Crippen LogP contribution in [-0.2, 0) is 0 Å². The summed E-state index contributed by atoms with van der Waals surface area (Å²) in [5.41, 5.74) is 0. The van der Waals surface area contributed by atoms with E-state index in [4.69, 9.17) is 16.7 Å². The van der Waals surface area contributed by atoms with Crippen molar-refractivity contribution in [1.29, 1.82) is 0 Å². The molecule has 0 aliphatic carbocycles. The molecule has 1 rings (SSSR count). The second-order valence-corrected chi connectivity index (χ2v) is 3.17. The van der Waals surface area contributed by atoms with Gasteiger partial charge in [-0.1, -0.05) is 0 Å². The summed E-state index contributed by atoms with van der Waals surface area (Å²) in [5, 5.41) is 7.81. The van der Waals surface area contributed by atoms with E-state index >= 15 is 0 Å². The minimum absolute atomic E-state index is 0.119. The molecule has 11 heavy (non-hydrogen) atoms. The molecule has 5 heteroatoms. The molecular weight excluding hydrogens is 188 g/mol. The molecule has 1 aromatic heterocycles. The van der Waals surface area contributed by atoms with Crippen LogP contribution >= 0.6 is 22.9 Å². The Morgan fingerprint density at radius 3 is 2.18 bits per heavy atom. The molecular formula is C6H3ClO3S. The van der Waals surface area contributed by atoms with E-state index < -0.39 is 11.2 Å². The number of aromatic carboxylic acids is 1. The van der Waals surface area contributed by atoms with Crippen molar-refractivity contribution < 1.29 is 14.7 Å². The fourth-order valence-corrected chi connectivity index (χ4v) is 1.41. The van der Waals surface area contributed by atoms with E-state index in [1.807, 2.05) is 0 Å². The van der Waals surface area contributed by atoms with Crippen molar-refractivity contribution in [3.05, 3.63) is 21.9 Å². The molecule has 0 saturated heterocycles. The van der Waals surface area contributed by atoms with Crippen molar-refractivity contribution in [3.63, 3.8) is 0 Å². The lowest BCUT2D eigenvalue weighted by atomic mass is 10.4. The number of hydrogen-bond acceptors (Lipinski definition) is 3. The number of carbonyl (C=O) groups is 2. The predicted molar refractivity (Wildman–Crippen MR) is 41.5 cm³/mol. The zero-order chi connectivity index (χ0) is 8.43. The van der Waals surface area contributed by atoms with Crippen LogP contribution < -0.4 is 0 Å². The van der Waals surface area contributed by atoms with Gasteiger partial charge in [-0.05, 0) is 23.7 Å². The van der Waals surface area contributed by atoms with E-state index in [0.717, 1.165) is 11.3 Å². The lowest BCUT2D eigenvalue weighted by Gasteiger charge is -1.82. The van der Waals surface area contributed by atoms with Crippen molar-refractivity contribution in [2.24, 2.45) is 0 Å². The number of hydrogen-bond donors (Lipinski definition) is 1. The first kappa shape index (κ1) is 8.23. The van der Waals surface area contributed by atoms with Crippen LogP contribution in [0.1, 0.15) is 19.3 Å². The molecule has 0 unspecified atom stereocenters. The molecule has 0 aliphatic rings. The molecule has 0 atom stereocenters. The second kappa shape index (κ2) is 3.02. The van der Waals surface area contributed by atoms with Gasteiger partial charge >= 0.3 is 5.97 Å². The second-order valence-electron chi connectivity index (χ2n) is 1.74. The zero-order valence-corrected chi connectivity index (χ0v) is 6.78. The average Bonchev–Trinajstić information content (AvgIpc) is 2.33. The molecule has 58 valence electrons. The minimum Gasteiger partial charge on any atom is -0.477 e. The highest BCUT2D eigenvalue weighted by Gasteiger charge is 2.09. The average molecular weight is 191 g/mol. The summed E-state index contributed by atoms with van der Waals surface area (Å²) in [6, 6.07) is 2.74. The van der Waals surface area contributed by atoms with Gasteiger partial charge in [-0.3, -0.25) is 4.79 Å². The summed E-state index contributed by atoms with van der Waals surface area (Å²) in [7, 11) is 0. The van der Waals surface area contributed by atoms with E-state index in [2.05, 4.69) is 0 Å². The third-order valence-corrected chi connectivity index (χ3v) is 2.40. The smallest absolute Gasteiger partial charge is 0.345 e. The fraction of sp³-hybridized carbons (Fsp3) is 0. The van der Waals surface area contributed by atoms with Crippen LogP contribution in [0.2, 0.25) is 0 Å². The summed E-state index contributed by atoms with van der Waals surface area (Å²) < 4.78 is 0. The van der Waals surface area contributed by atoms with Gasteiger partial charge < -0.3 is 5.11 Å². The van der Waals surface area contributed by atoms with Crippen molar-refractivity contribution in [2.45, 2.75) is 0 Å². The predicted octanol–water partition coefficient (Wildman–Crippen LogP) is 1.83. The lowest BCUT2D eigenvalue weighted by molar-refractivity contribution is 0.0702. The van der Waals surface area contributed by atoms with Crippen molar-refractivity contribution in [2.75, 3.05) is 0 Å². The first-order valence-corrected chi connectivity index (χ1v) is 3.83. The number of thiophene rings is 1. The largest absolute Gasteiger partial charge is 0.477 e. The van der Waals surface area contributed by atoms with Gasteiger partial charge in [0.1, 0.15) is 4.88 Å². The highest BCUT2D eigenvalue weighted by Crippen LogP contribution is 2.17. The molecule has 1 aromatic rings. The van der Waals surface area contributed by atoms with E-state index in [1.165, 1.54) is 12.1 Å². The molecule has 0 aliphatic heterocycles. The highest BCUT2D eigenvalue weighted by molar-refractivity contribution is 7.17. The van der Waals surface area contributed by atoms with Gasteiger partial charge in [0, 0.05) is 0 Å². The van der Waals surface area contributed by atoms with Crippen LogP contribution in [0.3, 0.4) is 0 Å². The molecule has 0 amide bonds. The third kappa shape index (κ3) is 1.78. The van der Waals surface area contributed by atoms with Crippen molar-refractivity contribution >= 4 is 34.1 Å². The number of rotatable bonds is 2. The molecule has 0 saturated carbocycles. The number of halogens is 1. The van der Waals surface area contributed by atoms with Gasteiger partial charge in [0.2, 0.25) is 0 Å². The van der Waals surface area contributed by atoms with Gasteiger partial charge in [0.15, 0.2) is 0 Å². The van der Waals surface area contributed by atoms with E-state index in [1.54, 1.807) is 0 Å². The van der Waals surface area contributed by atoms with Crippen LogP contribution in [0.5, 0.6) is 0 Å². The normalized spacial score (nSPS) is 9.55. The maximum atomic E-state index is 10.5. The zero-order valence-electron chi connectivity index (χ0n) is 5.20. The van der Waals surface area contributed by atoms with Gasteiger partial charge in [-0.25, -0.2) is 4.79 Å². The van der Waals surface area contributed by atoms with Crippen LogP contribution in [0.4, 0.5) is 0 Å². The summed E-state index contributed by atoms with van der Waals surface area (Å²) in [6.07, 6.45) is 0. The Labute approximate surface area is 71.2 Å². The van der Waals surface area contributed by atoms with Crippen LogP contribution in [0.25, 0.3) is 0 Å². The van der Waals surface area contributed by atoms with Crippen LogP contribution in [-0.4, -0.2) is 16.3 Å². The summed E-state index contributed by atoms with van der Waals surface area (Å²) >= 11 is 5.97. The maximum absolute atomic E-state index is 10.5. The van der Waals surface area contributed by atoms with Crippen LogP contribution in [0, 0.1) is 0 Å². The maximum Gasteiger partial charge on any atom is 0.345 e. The van der Waals surface area contributed by atoms with E-state index in [-0.39, 0.29) is 9.75 Å². The Morgan fingerprint density at radius 2 is 1.91 bits per heavy atom. The molecule has 3 nitrogen and oxygen atoms in total. The summed E-state index contributed by atoms with van der Waals surface area (Å²) in [6.45, 7) is 0. The number of carbonyl (C=O) groups excluding carboxylic acids is 1. The Kier molecular flexibility index (Phi) is 2.26. The Bertz CT molecular complexity index is 276. The Morgan fingerprint density at radius 1 is 1.36 bits per heavy atom. The lowest BCUT2D eigenvalue weighted by Crippen LogP contribution is -1.89. The third-order valence-electron chi connectivity index (χ3n) is 1.01. The van der Waals surface area contributed by atoms with E-state index in [9.17, 15) is 9.59 Å². The fourth-order valence-electron chi connectivity index (χ4n) is 0.558.